The van der Waals surface area contributed by atoms with Crippen molar-refractivity contribution >= 4 is 72.7 Å². The number of halogens is 15. The fraction of sp³-hybridized carbons (Fsp3) is 0.418. The van der Waals surface area contributed by atoms with Crippen molar-refractivity contribution in [2.75, 3.05) is 127 Å². The third-order valence-corrected chi connectivity index (χ3v) is 27.1. The predicted octanol–water partition coefficient (Wildman–Crippen LogP) is 15.3. The third-order valence-electron chi connectivity index (χ3n) is 26.0. The number of hydrogen-bond acceptors (Lipinski definition) is 31. The number of aromatic nitrogens is 27. The molecule has 7 aliphatic heterocycles. The standard InChI is InChI=1S/2C19H19F3N6O.C18H16F3N9.C18H19F3N6.C17H18F3N7OS/c2*20-19(21,22)15-10-28-14(7-25-17(28)8-24-15)18-23-4-1-16(26-18)27-5-2-12(9-27)13-3-6-29-11-13;19-18(20,21)14-10-30-13(7-24-16(30)8-23-14)17-22-3-1-15(28-17)29-4-2-11(9-29)27-12-5-25-26-6-12;1-11-6-17(2,3)27(9-11)14-4-5-22-16(25-14)12-7-24-15-8-23-13(10-26(12)15)18(19,20)21;1-29(21,28)10-11-3-5-26(8-11)14-2-4-22-16(25-14)12-6-24-15-7-23-13(9-27(12)15)17(18,19)20/h2*1,4,7-8,10,12-13H,2-3,5-6,9,11H2;1,3,5-8,10-11,27H,2,4,9H2,(H,25,26);4-5,7-8,10-11H,6,9H2,1-3H3;2,4,6-7,9,11,21H,3,5,8,10H2,1H3. The second-order valence-electron chi connectivity index (χ2n) is 36.7. The van der Waals surface area contributed by atoms with Crippen molar-refractivity contribution in [3.05, 3.63) is 195 Å². The highest BCUT2D eigenvalue weighted by Crippen LogP contribution is 2.42. The van der Waals surface area contributed by atoms with Crippen LogP contribution < -0.4 is 29.8 Å². The molecule has 144 heavy (non-hydrogen) atoms. The Labute approximate surface area is 808 Å². The maximum Gasteiger partial charge on any atom is 0.434 e. The van der Waals surface area contributed by atoms with Crippen LogP contribution in [-0.4, -0.2) is 245 Å². The monoisotopic (exact) mass is 2020 g/mol. The van der Waals surface area contributed by atoms with Gasteiger partial charge in [-0.1, -0.05) is 6.92 Å². The first-order chi connectivity index (χ1) is 68.7. The largest absolute Gasteiger partial charge is 0.434 e. The summed E-state index contributed by atoms with van der Waals surface area (Å²) >= 11 is 0. The van der Waals surface area contributed by atoms with Gasteiger partial charge in [0, 0.05) is 187 Å². The highest BCUT2D eigenvalue weighted by atomic mass is 32.2. The molecule has 0 aliphatic carbocycles. The van der Waals surface area contributed by atoms with Gasteiger partial charge in [-0.2, -0.15) is 71.0 Å². The van der Waals surface area contributed by atoms with Gasteiger partial charge in [0.1, 0.15) is 57.6 Å². The van der Waals surface area contributed by atoms with Gasteiger partial charge in [0.25, 0.3) is 0 Å². The summed E-state index contributed by atoms with van der Waals surface area (Å²) in [5.74, 6) is 8.53. The van der Waals surface area contributed by atoms with E-state index < -0.39 is 69.1 Å². The van der Waals surface area contributed by atoms with Crippen LogP contribution >= 0.6 is 0 Å². The van der Waals surface area contributed by atoms with Gasteiger partial charge in [0.05, 0.1) is 73.9 Å². The molecular weight excluding hydrogens is 1930 g/mol. The molecule has 0 bridgehead atoms. The maximum atomic E-state index is 13.1. The topological polar surface area (TPSA) is 396 Å². The van der Waals surface area contributed by atoms with Crippen LogP contribution in [0.2, 0.25) is 0 Å². The first-order valence-corrected chi connectivity index (χ1v) is 47.9. The Hall–Kier alpha value is -14.7. The molecule has 23 heterocycles. The third kappa shape index (κ3) is 21.9. The smallest absolute Gasteiger partial charge is 0.381 e. The lowest BCUT2D eigenvalue weighted by atomic mass is 9.91. The van der Waals surface area contributed by atoms with Crippen LogP contribution in [0.25, 0.3) is 85.8 Å². The fourth-order valence-electron chi connectivity index (χ4n) is 19.1. The lowest BCUT2D eigenvalue weighted by molar-refractivity contribution is -0.142. The van der Waals surface area contributed by atoms with E-state index in [2.05, 4.69) is 156 Å². The van der Waals surface area contributed by atoms with E-state index in [-0.39, 0.29) is 34.6 Å². The molecule has 8 unspecified atom stereocenters. The summed E-state index contributed by atoms with van der Waals surface area (Å²) in [4.78, 5) is 92.7. The molecule has 16 aromatic rings. The molecule has 37 nitrogen and oxygen atoms in total. The number of H-pyrrole nitrogens is 1. The van der Waals surface area contributed by atoms with E-state index in [1.54, 1.807) is 55.5 Å². The fourth-order valence-corrected chi connectivity index (χ4v) is 20.3. The normalized spacial score (nSPS) is 20.3. The summed E-state index contributed by atoms with van der Waals surface area (Å²) < 4.78 is 232. The first kappa shape index (κ1) is 98.1. The Morgan fingerprint density at radius 2 is 0.715 bits per heavy atom. The Balaban J connectivity index is 0.000000114. The predicted molar refractivity (Wildman–Crippen MR) is 494 cm³/mol. The molecule has 3 N–H and O–H groups in total. The van der Waals surface area contributed by atoms with Gasteiger partial charge in [-0.05, 0) is 125 Å². The van der Waals surface area contributed by atoms with Crippen molar-refractivity contribution in [3.8, 4) is 57.6 Å². The minimum atomic E-state index is -4.57. The van der Waals surface area contributed by atoms with E-state index in [0.717, 1.165) is 202 Å². The van der Waals surface area contributed by atoms with Gasteiger partial charge in [-0.15, -0.1) is 0 Å². The number of hydrogen-bond donors (Lipinski definition) is 3. The van der Waals surface area contributed by atoms with Crippen molar-refractivity contribution in [1.29, 1.82) is 4.78 Å². The van der Waals surface area contributed by atoms with Crippen LogP contribution in [0.5, 0.6) is 0 Å². The van der Waals surface area contributed by atoms with Crippen molar-refractivity contribution in [2.45, 2.75) is 108 Å². The lowest BCUT2D eigenvalue weighted by Gasteiger charge is -2.32. The first-order valence-electron chi connectivity index (χ1n) is 45.8. The van der Waals surface area contributed by atoms with Crippen LogP contribution in [0.4, 0.5) is 101 Å². The number of nitrogens with one attached hydrogen (secondary N) is 3. The molecule has 53 heteroatoms. The number of imidazole rings is 5. The van der Waals surface area contributed by atoms with E-state index in [9.17, 15) is 70.1 Å². The van der Waals surface area contributed by atoms with Crippen LogP contribution in [0.15, 0.2) is 167 Å². The SMILES string of the molecule is CC1CN(c2ccnc(-c3cnc4cnc(C(F)(F)F)cn34)n2)C(C)(C)C1.CS(=N)(=O)CC1CCN(c2ccnc(-c3cnc4cnc(C(F)(F)F)cn34)n2)C1.FC(F)(F)c1cn2c(-c3nccc(N4CCC(C5CCOC5)C4)n3)cnc2cn1.FC(F)(F)c1cn2c(-c3nccc(N4CCC(C5CCOC5)C4)n3)cnc2cn1.FC(F)(F)c1cn2c(-c3nccc(N4CCC(Nc5cn[nH]c5)C4)n3)cnc2cn1. The molecule has 0 radical (unpaired) electrons. The zero-order valence-corrected chi connectivity index (χ0v) is 78.0. The molecular formula is C91H91F15N34O3S. The molecule has 8 atom stereocenters. The van der Waals surface area contributed by atoms with Crippen LogP contribution in [0.1, 0.15) is 94.2 Å². The molecule has 7 saturated heterocycles. The second kappa shape index (κ2) is 39.6. The molecule has 0 aromatic carbocycles. The van der Waals surface area contributed by atoms with Crippen molar-refractivity contribution in [2.24, 2.45) is 35.5 Å². The van der Waals surface area contributed by atoms with Gasteiger partial charge >= 0.3 is 30.9 Å². The van der Waals surface area contributed by atoms with Gasteiger partial charge in [-0.3, -0.25) is 36.1 Å². The van der Waals surface area contributed by atoms with E-state index in [1.807, 2.05) is 23.1 Å². The summed E-state index contributed by atoms with van der Waals surface area (Å²) in [7, 11) is -2.57. The Kier molecular flexibility index (Phi) is 27.0. The Morgan fingerprint density at radius 1 is 0.396 bits per heavy atom. The van der Waals surface area contributed by atoms with E-state index in [1.165, 1.54) is 59.2 Å². The van der Waals surface area contributed by atoms with Crippen molar-refractivity contribution in [1.82, 2.24) is 132 Å². The highest BCUT2D eigenvalue weighted by molar-refractivity contribution is 7.91. The molecule has 754 valence electrons. The lowest BCUT2D eigenvalue weighted by Crippen LogP contribution is -2.38. The maximum absolute atomic E-state index is 13.1. The quantitative estimate of drug-likeness (QED) is 0.0756. The average Bonchev–Trinajstić information content (AvgIpc) is 1.63. The average molecular weight is 2030 g/mol. The number of alkyl halides is 15. The Morgan fingerprint density at radius 3 is 1.02 bits per heavy atom. The number of fused-ring (bicyclic) bond motifs is 5. The van der Waals surface area contributed by atoms with Gasteiger partial charge < -0.3 is 39.3 Å². The minimum Gasteiger partial charge on any atom is -0.381 e. The van der Waals surface area contributed by atoms with Crippen molar-refractivity contribution in [3.63, 3.8) is 0 Å². The summed E-state index contributed by atoms with van der Waals surface area (Å²) in [5, 5.41) is 10.1. The Bertz CT molecular complexity index is 7220. The molecule has 0 spiro atoms. The van der Waals surface area contributed by atoms with Crippen LogP contribution in [0, 0.1) is 40.3 Å². The van der Waals surface area contributed by atoms with E-state index >= 15 is 0 Å². The molecule has 0 saturated carbocycles. The van der Waals surface area contributed by atoms with Gasteiger partial charge in [0.2, 0.25) is 0 Å². The number of ether oxygens (including phenoxy) is 2. The second-order valence-corrected chi connectivity index (χ2v) is 39.0. The molecule has 7 fully saturated rings. The van der Waals surface area contributed by atoms with E-state index in [0.29, 0.717) is 129 Å². The molecule has 7 aliphatic rings. The molecule has 23 rings (SSSR count). The summed E-state index contributed by atoms with van der Waals surface area (Å²) in [5.41, 5.74) is -0.746. The number of nitrogens with zero attached hydrogens (tertiary/aromatic N) is 31. The zero-order valence-electron chi connectivity index (χ0n) is 77.1. The summed E-state index contributed by atoms with van der Waals surface area (Å²) in [6.45, 7) is 17.2. The summed E-state index contributed by atoms with van der Waals surface area (Å²) in [6, 6.07) is 9.25. The number of aromatic amines is 1. The van der Waals surface area contributed by atoms with Crippen molar-refractivity contribution < 1.29 is 79.5 Å². The molecule has 0 amide bonds. The molecule has 16 aromatic heterocycles. The number of rotatable bonds is 16. The zero-order chi connectivity index (χ0) is 101. The van der Waals surface area contributed by atoms with Crippen LogP contribution in [-0.2, 0) is 50.1 Å². The summed E-state index contributed by atoms with van der Waals surface area (Å²) in [6.07, 6.45) is 14.7. The number of anilines is 6. The minimum absolute atomic E-state index is 0.0438. The highest BCUT2D eigenvalue weighted by Gasteiger charge is 2.43. The van der Waals surface area contributed by atoms with Gasteiger partial charge in [0.15, 0.2) is 85.8 Å². The van der Waals surface area contributed by atoms with E-state index in [4.69, 9.17) is 14.3 Å². The van der Waals surface area contributed by atoms with Gasteiger partial charge in [-0.25, -0.2) is 99.7 Å². The van der Waals surface area contributed by atoms with Crippen LogP contribution in [0.3, 0.4) is 0 Å².